The molecule has 0 amide bonds. The molecule has 3 heteroatoms. The molecule has 100 valence electrons. The van der Waals surface area contributed by atoms with Crippen LogP contribution in [0.15, 0.2) is 18.2 Å². The fraction of sp³-hybridized carbons (Fsp3) is 0.600. The van der Waals surface area contributed by atoms with Gasteiger partial charge in [0.2, 0.25) is 0 Å². The van der Waals surface area contributed by atoms with Crippen LogP contribution in [0.2, 0.25) is 5.02 Å². The third-order valence-corrected chi connectivity index (χ3v) is 4.18. The number of aliphatic hydroxyl groups excluding tert-OH is 1. The van der Waals surface area contributed by atoms with Crippen molar-refractivity contribution in [2.24, 2.45) is 5.92 Å². The first kappa shape index (κ1) is 13.7. The van der Waals surface area contributed by atoms with E-state index in [1.54, 1.807) is 13.2 Å². The SMILES string of the molecule is COc1ccc(C(O)CCC2CCCC2)cc1Cl. The summed E-state index contributed by atoms with van der Waals surface area (Å²) in [6.45, 7) is 0. The summed E-state index contributed by atoms with van der Waals surface area (Å²) >= 11 is 6.06. The van der Waals surface area contributed by atoms with Crippen LogP contribution < -0.4 is 4.74 Å². The van der Waals surface area contributed by atoms with E-state index in [0.717, 1.165) is 24.3 Å². The standard InChI is InChI=1S/C15H21ClO2/c1-18-15-9-7-12(10-13(15)16)14(17)8-6-11-4-2-3-5-11/h7,9-11,14,17H,2-6,8H2,1H3. The van der Waals surface area contributed by atoms with Crippen molar-refractivity contribution in [3.63, 3.8) is 0 Å². The summed E-state index contributed by atoms with van der Waals surface area (Å²) in [6.07, 6.45) is 6.91. The lowest BCUT2D eigenvalue weighted by Gasteiger charge is -2.15. The summed E-state index contributed by atoms with van der Waals surface area (Å²) in [5.74, 6) is 1.47. The van der Waals surface area contributed by atoms with Gasteiger partial charge in [0.15, 0.2) is 0 Å². The Labute approximate surface area is 114 Å². The van der Waals surface area contributed by atoms with Crippen LogP contribution in [0.4, 0.5) is 0 Å². The van der Waals surface area contributed by atoms with Crippen molar-refractivity contribution in [1.82, 2.24) is 0 Å². The molecule has 2 nitrogen and oxygen atoms in total. The molecule has 1 aromatic rings. The Hall–Kier alpha value is -0.730. The largest absolute Gasteiger partial charge is 0.495 e. The molecule has 0 aliphatic heterocycles. The third-order valence-electron chi connectivity index (χ3n) is 3.88. The van der Waals surface area contributed by atoms with Gasteiger partial charge < -0.3 is 9.84 Å². The van der Waals surface area contributed by atoms with Crippen LogP contribution in [-0.4, -0.2) is 12.2 Å². The van der Waals surface area contributed by atoms with Gasteiger partial charge in [-0.2, -0.15) is 0 Å². The first-order valence-corrected chi connectivity index (χ1v) is 7.10. The number of rotatable bonds is 5. The molecule has 0 radical (unpaired) electrons. The van der Waals surface area contributed by atoms with Crippen LogP contribution in [0.5, 0.6) is 5.75 Å². The highest BCUT2D eigenvalue weighted by atomic mass is 35.5. The number of hydrogen-bond donors (Lipinski definition) is 1. The lowest BCUT2D eigenvalue weighted by atomic mass is 9.96. The van der Waals surface area contributed by atoms with Crippen LogP contribution >= 0.6 is 11.6 Å². The highest BCUT2D eigenvalue weighted by Crippen LogP contribution is 2.33. The normalized spacial score (nSPS) is 17.9. The molecule has 1 fully saturated rings. The molecule has 1 N–H and O–H groups in total. The molecule has 0 aromatic heterocycles. The average Bonchev–Trinajstić information content (AvgIpc) is 2.89. The number of halogens is 1. The maximum Gasteiger partial charge on any atom is 0.137 e. The van der Waals surface area contributed by atoms with Gasteiger partial charge in [-0.15, -0.1) is 0 Å². The Kier molecular flexibility index (Phi) is 4.90. The summed E-state index contributed by atoms with van der Waals surface area (Å²) in [4.78, 5) is 0. The average molecular weight is 269 g/mol. The van der Waals surface area contributed by atoms with Gasteiger partial charge in [0.25, 0.3) is 0 Å². The zero-order chi connectivity index (χ0) is 13.0. The van der Waals surface area contributed by atoms with Crippen molar-refractivity contribution >= 4 is 11.6 Å². The molecule has 1 saturated carbocycles. The number of methoxy groups -OCH3 is 1. The molecule has 1 unspecified atom stereocenters. The van der Waals surface area contributed by atoms with E-state index in [-0.39, 0.29) is 0 Å². The lowest BCUT2D eigenvalue weighted by Crippen LogP contribution is -2.02. The van der Waals surface area contributed by atoms with Crippen molar-refractivity contribution in [2.45, 2.75) is 44.6 Å². The van der Waals surface area contributed by atoms with Crippen molar-refractivity contribution in [3.05, 3.63) is 28.8 Å². The van der Waals surface area contributed by atoms with Gasteiger partial charge in [-0.1, -0.05) is 43.4 Å². The van der Waals surface area contributed by atoms with E-state index in [1.807, 2.05) is 12.1 Å². The first-order chi connectivity index (χ1) is 8.70. The summed E-state index contributed by atoms with van der Waals surface area (Å²) in [5.41, 5.74) is 0.888. The van der Waals surface area contributed by atoms with Crippen LogP contribution in [0, 0.1) is 5.92 Å². The number of aliphatic hydroxyl groups is 1. The van der Waals surface area contributed by atoms with Crippen LogP contribution in [0.3, 0.4) is 0 Å². The maximum atomic E-state index is 10.2. The Balaban J connectivity index is 1.91. The molecular formula is C15H21ClO2. The minimum absolute atomic E-state index is 0.408. The minimum Gasteiger partial charge on any atom is -0.495 e. The Morgan fingerprint density at radius 3 is 2.72 bits per heavy atom. The molecule has 1 aromatic carbocycles. The van der Waals surface area contributed by atoms with Crippen molar-refractivity contribution in [1.29, 1.82) is 0 Å². The molecule has 0 bridgehead atoms. The van der Waals surface area contributed by atoms with E-state index in [2.05, 4.69) is 0 Å². The molecule has 1 aliphatic carbocycles. The lowest BCUT2D eigenvalue weighted by molar-refractivity contribution is 0.157. The van der Waals surface area contributed by atoms with E-state index in [1.165, 1.54) is 25.7 Å². The molecule has 0 heterocycles. The van der Waals surface area contributed by atoms with E-state index >= 15 is 0 Å². The molecule has 2 rings (SSSR count). The van der Waals surface area contributed by atoms with E-state index in [9.17, 15) is 5.11 Å². The van der Waals surface area contributed by atoms with E-state index in [0.29, 0.717) is 10.8 Å². The van der Waals surface area contributed by atoms with E-state index in [4.69, 9.17) is 16.3 Å². The van der Waals surface area contributed by atoms with Gasteiger partial charge in [-0.25, -0.2) is 0 Å². The van der Waals surface area contributed by atoms with Crippen LogP contribution in [-0.2, 0) is 0 Å². The van der Waals surface area contributed by atoms with Crippen molar-refractivity contribution < 1.29 is 9.84 Å². The summed E-state index contributed by atoms with van der Waals surface area (Å²) < 4.78 is 5.11. The second kappa shape index (κ2) is 6.44. The molecule has 1 atom stereocenters. The van der Waals surface area contributed by atoms with E-state index < -0.39 is 6.10 Å². The summed E-state index contributed by atoms with van der Waals surface area (Å²) in [6, 6.07) is 5.51. The van der Waals surface area contributed by atoms with Crippen LogP contribution in [0.25, 0.3) is 0 Å². The molecule has 0 spiro atoms. The predicted octanol–water partition coefficient (Wildman–Crippen LogP) is 4.35. The third kappa shape index (κ3) is 3.39. The highest BCUT2D eigenvalue weighted by molar-refractivity contribution is 6.32. The second-order valence-electron chi connectivity index (χ2n) is 5.14. The zero-order valence-electron chi connectivity index (χ0n) is 10.9. The number of ether oxygens (including phenoxy) is 1. The fourth-order valence-electron chi connectivity index (χ4n) is 2.75. The summed E-state index contributed by atoms with van der Waals surface area (Å²) in [5, 5.41) is 10.7. The van der Waals surface area contributed by atoms with Gasteiger partial charge in [0.05, 0.1) is 18.2 Å². The van der Waals surface area contributed by atoms with Gasteiger partial charge in [-0.05, 0) is 36.5 Å². The molecule has 1 aliphatic rings. The maximum absolute atomic E-state index is 10.2. The van der Waals surface area contributed by atoms with Gasteiger partial charge >= 0.3 is 0 Å². The smallest absolute Gasteiger partial charge is 0.137 e. The van der Waals surface area contributed by atoms with Crippen LogP contribution in [0.1, 0.15) is 50.2 Å². The molecule has 0 saturated heterocycles. The predicted molar refractivity (Wildman–Crippen MR) is 74.2 cm³/mol. The van der Waals surface area contributed by atoms with Gasteiger partial charge in [0.1, 0.15) is 5.75 Å². The Morgan fingerprint density at radius 1 is 1.39 bits per heavy atom. The monoisotopic (exact) mass is 268 g/mol. The second-order valence-corrected chi connectivity index (χ2v) is 5.54. The number of benzene rings is 1. The molecular weight excluding hydrogens is 248 g/mol. The van der Waals surface area contributed by atoms with Gasteiger partial charge in [0, 0.05) is 0 Å². The first-order valence-electron chi connectivity index (χ1n) is 6.72. The number of hydrogen-bond acceptors (Lipinski definition) is 2. The molecule has 18 heavy (non-hydrogen) atoms. The van der Waals surface area contributed by atoms with Crippen molar-refractivity contribution in [3.8, 4) is 5.75 Å². The zero-order valence-corrected chi connectivity index (χ0v) is 11.6. The van der Waals surface area contributed by atoms with Crippen molar-refractivity contribution in [2.75, 3.05) is 7.11 Å². The quantitative estimate of drug-likeness (QED) is 0.860. The summed E-state index contributed by atoms with van der Waals surface area (Å²) in [7, 11) is 1.59. The minimum atomic E-state index is -0.408. The topological polar surface area (TPSA) is 29.5 Å². The Bertz CT molecular complexity index is 386. The Morgan fingerprint density at radius 2 is 2.11 bits per heavy atom. The fourth-order valence-corrected chi connectivity index (χ4v) is 3.02. The highest BCUT2D eigenvalue weighted by Gasteiger charge is 2.17. The van der Waals surface area contributed by atoms with Gasteiger partial charge in [-0.3, -0.25) is 0 Å².